The van der Waals surface area contributed by atoms with Gasteiger partial charge in [-0.25, -0.2) is 0 Å². The minimum Gasteiger partial charge on any atom is -0.462 e. The highest BCUT2D eigenvalue weighted by Crippen LogP contribution is 2.35. The van der Waals surface area contributed by atoms with E-state index in [1.165, 1.54) is 77.6 Å². The van der Waals surface area contributed by atoms with Crippen LogP contribution in [0.15, 0.2) is 0 Å². The van der Waals surface area contributed by atoms with Crippen LogP contribution < -0.4 is 0 Å². The first-order chi connectivity index (χ1) is 21.4. The summed E-state index contributed by atoms with van der Waals surface area (Å²) in [6.45, 7) is 3.79. The van der Waals surface area contributed by atoms with E-state index in [-0.39, 0.29) is 54.3 Å². The highest BCUT2D eigenvalue weighted by molar-refractivity contribution is 5.83. The zero-order chi connectivity index (χ0) is 31.6. The molecule has 0 bridgehead atoms. The Balaban J connectivity index is 1.13. The quantitative estimate of drug-likeness (QED) is 0.0782. The number of ether oxygens (including phenoxy) is 3. The van der Waals surface area contributed by atoms with Gasteiger partial charge in [0.15, 0.2) is 0 Å². The summed E-state index contributed by atoms with van der Waals surface area (Å²) in [5, 5.41) is 21.4. The van der Waals surface area contributed by atoms with E-state index in [2.05, 4.69) is 6.92 Å². The second-order valence-electron chi connectivity index (χ2n) is 14.3. The second-order valence-corrected chi connectivity index (χ2v) is 14.3. The Kier molecular flexibility index (Phi) is 18.5. The van der Waals surface area contributed by atoms with Crippen LogP contribution in [0.2, 0.25) is 0 Å². The maximum absolute atomic E-state index is 11.9. The Morgan fingerprint density at radius 2 is 1.16 bits per heavy atom. The van der Waals surface area contributed by atoms with Crippen molar-refractivity contribution in [2.75, 3.05) is 0 Å². The van der Waals surface area contributed by atoms with Crippen molar-refractivity contribution in [3.8, 4) is 0 Å². The van der Waals surface area contributed by atoms with Gasteiger partial charge >= 0.3 is 5.97 Å². The van der Waals surface area contributed by atoms with Gasteiger partial charge in [0.1, 0.15) is 11.9 Å². The summed E-state index contributed by atoms with van der Waals surface area (Å²) in [7, 11) is 0. The fourth-order valence-electron chi connectivity index (χ4n) is 7.55. The van der Waals surface area contributed by atoms with Gasteiger partial charge in [-0.15, -0.1) is 0 Å². The average molecular weight is 623 g/mol. The molecule has 0 radical (unpaired) electrons. The molecule has 44 heavy (non-hydrogen) atoms. The Morgan fingerprint density at radius 1 is 0.705 bits per heavy atom. The molecule has 256 valence electrons. The Labute approximate surface area is 268 Å². The molecule has 8 atom stereocenters. The lowest BCUT2D eigenvalue weighted by Crippen LogP contribution is -2.33. The van der Waals surface area contributed by atoms with Crippen molar-refractivity contribution in [2.45, 2.75) is 217 Å². The SMILES string of the molecule is CCCCCCCCCC[C@H](O)[C@H]1CC[C@H]([C@H]2CC[C@H]([C@H](O)CCCCCCCCCC[C@H]3C[C@H](CC(C)=O)C(=O)O3)O2)O1. The lowest BCUT2D eigenvalue weighted by atomic mass is 9.96. The number of carbonyl (C=O) groups is 2. The van der Waals surface area contributed by atoms with Crippen molar-refractivity contribution in [1.82, 2.24) is 0 Å². The monoisotopic (exact) mass is 622 g/mol. The van der Waals surface area contributed by atoms with Gasteiger partial charge < -0.3 is 29.2 Å². The normalized spacial score (nSPS) is 28.4. The molecular weight excluding hydrogens is 556 g/mol. The molecule has 0 saturated carbocycles. The number of carbonyl (C=O) groups excluding carboxylic acids is 2. The molecule has 0 aromatic heterocycles. The van der Waals surface area contributed by atoms with Crippen LogP contribution in [0.3, 0.4) is 0 Å². The minimum absolute atomic E-state index is 0.00211. The molecule has 0 amide bonds. The van der Waals surface area contributed by atoms with Crippen LogP contribution >= 0.6 is 0 Å². The summed E-state index contributed by atoms with van der Waals surface area (Å²) in [4.78, 5) is 23.1. The van der Waals surface area contributed by atoms with E-state index < -0.39 is 6.10 Å². The van der Waals surface area contributed by atoms with Gasteiger partial charge in [0, 0.05) is 6.42 Å². The first-order valence-electron chi connectivity index (χ1n) is 18.7. The maximum Gasteiger partial charge on any atom is 0.309 e. The smallest absolute Gasteiger partial charge is 0.309 e. The number of Topliss-reactive ketones (excluding diaryl/α,β-unsaturated/α-hetero) is 1. The predicted octanol–water partition coefficient (Wildman–Crippen LogP) is 8.15. The van der Waals surface area contributed by atoms with Crippen molar-refractivity contribution in [2.24, 2.45) is 5.92 Å². The van der Waals surface area contributed by atoms with Crippen molar-refractivity contribution < 1.29 is 34.0 Å². The summed E-state index contributed by atoms with van der Waals surface area (Å²) in [6, 6.07) is 0. The lowest BCUT2D eigenvalue weighted by Gasteiger charge is -2.24. The van der Waals surface area contributed by atoms with Crippen LogP contribution in [-0.2, 0) is 23.8 Å². The number of unbranched alkanes of at least 4 members (excludes halogenated alkanes) is 14. The third-order valence-corrected chi connectivity index (χ3v) is 10.3. The van der Waals surface area contributed by atoms with E-state index in [9.17, 15) is 19.8 Å². The predicted molar refractivity (Wildman–Crippen MR) is 174 cm³/mol. The molecule has 0 aliphatic carbocycles. The van der Waals surface area contributed by atoms with Crippen LogP contribution in [0.4, 0.5) is 0 Å². The van der Waals surface area contributed by atoms with E-state index in [1.807, 2.05) is 0 Å². The zero-order valence-corrected chi connectivity index (χ0v) is 28.2. The Morgan fingerprint density at radius 3 is 1.64 bits per heavy atom. The van der Waals surface area contributed by atoms with Crippen molar-refractivity contribution >= 4 is 11.8 Å². The molecule has 7 heteroatoms. The van der Waals surface area contributed by atoms with Crippen LogP contribution in [0, 0.1) is 5.92 Å². The highest BCUT2D eigenvalue weighted by Gasteiger charge is 2.40. The van der Waals surface area contributed by atoms with Crippen LogP contribution in [-0.4, -0.2) is 64.7 Å². The number of hydrogen-bond acceptors (Lipinski definition) is 7. The number of aliphatic hydroxyl groups is 2. The maximum atomic E-state index is 11.9. The summed E-state index contributed by atoms with van der Waals surface area (Å²) < 4.78 is 18.0. The molecule has 0 spiro atoms. The lowest BCUT2D eigenvalue weighted by molar-refractivity contribution is -0.145. The molecule has 3 aliphatic rings. The summed E-state index contributed by atoms with van der Waals surface area (Å²) in [5.41, 5.74) is 0. The van der Waals surface area contributed by atoms with Gasteiger partial charge in [-0.3, -0.25) is 4.79 Å². The third kappa shape index (κ3) is 14.2. The van der Waals surface area contributed by atoms with E-state index in [1.54, 1.807) is 0 Å². The van der Waals surface area contributed by atoms with Gasteiger partial charge in [0.25, 0.3) is 0 Å². The van der Waals surface area contributed by atoms with Gasteiger partial charge in [-0.05, 0) is 64.7 Å². The van der Waals surface area contributed by atoms with E-state index >= 15 is 0 Å². The van der Waals surface area contributed by atoms with Crippen molar-refractivity contribution in [1.29, 1.82) is 0 Å². The number of esters is 1. The summed E-state index contributed by atoms with van der Waals surface area (Å²) in [6.07, 6.45) is 26.0. The first-order valence-corrected chi connectivity index (χ1v) is 18.7. The molecule has 0 aromatic rings. The number of ketones is 1. The minimum atomic E-state index is -0.399. The van der Waals surface area contributed by atoms with Gasteiger partial charge in [-0.1, -0.05) is 103 Å². The topological polar surface area (TPSA) is 102 Å². The molecule has 3 fully saturated rings. The number of hydrogen-bond donors (Lipinski definition) is 2. The third-order valence-electron chi connectivity index (χ3n) is 10.3. The second kappa shape index (κ2) is 21.7. The molecule has 0 aromatic carbocycles. The zero-order valence-electron chi connectivity index (χ0n) is 28.2. The van der Waals surface area contributed by atoms with E-state index in [0.717, 1.165) is 77.0 Å². The fraction of sp³-hybridized carbons (Fsp3) is 0.946. The molecule has 0 unspecified atom stereocenters. The Bertz CT molecular complexity index is 788. The van der Waals surface area contributed by atoms with Crippen LogP contribution in [0.25, 0.3) is 0 Å². The molecule has 3 rings (SSSR count). The molecule has 7 nitrogen and oxygen atoms in total. The highest BCUT2D eigenvalue weighted by atomic mass is 16.6. The van der Waals surface area contributed by atoms with Gasteiger partial charge in [0.2, 0.25) is 0 Å². The Hall–Kier alpha value is -1.02. The summed E-state index contributed by atoms with van der Waals surface area (Å²) >= 11 is 0. The van der Waals surface area contributed by atoms with Crippen LogP contribution in [0.5, 0.6) is 0 Å². The fourth-order valence-corrected chi connectivity index (χ4v) is 7.55. The molecule has 3 heterocycles. The molecule has 3 aliphatic heterocycles. The standard InChI is InChI=1S/C37H66O7/c1-3-4-5-6-7-11-14-17-20-31(39)33-22-24-35(43-33)36-25-23-34(44-36)32(40)21-18-15-12-9-8-10-13-16-19-30-27-29(26-28(2)38)37(41)42-30/h29-36,39-40H,3-27H2,1-2H3/t29-,30-,31-,32+,33+,34+,35+,36+/m0/s1. The largest absolute Gasteiger partial charge is 0.462 e. The number of rotatable bonds is 25. The molecular formula is C37H66O7. The molecule has 3 saturated heterocycles. The van der Waals surface area contributed by atoms with E-state index in [0.29, 0.717) is 12.8 Å². The van der Waals surface area contributed by atoms with Crippen molar-refractivity contribution in [3.63, 3.8) is 0 Å². The first kappa shape index (κ1) is 37.4. The van der Waals surface area contributed by atoms with Gasteiger partial charge in [0.05, 0.1) is 42.5 Å². The van der Waals surface area contributed by atoms with Crippen LogP contribution in [0.1, 0.15) is 174 Å². The molecule has 2 N–H and O–H groups in total. The number of cyclic esters (lactones) is 1. The van der Waals surface area contributed by atoms with Crippen molar-refractivity contribution in [3.05, 3.63) is 0 Å². The average Bonchev–Trinajstić information content (AvgIpc) is 3.75. The summed E-state index contributed by atoms with van der Waals surface area (Å²) in [5.74, 6) is -0.348. The van der Waals surface area contributed by atoms with Gasteiger partial charge in [-0.2, -0.15) is 0 Å². The number of aliphatic hydroxyl groups excluding tert-OH is 2. The van der Waals surface area contributed by atoms with E-state index in [4.69, 9.17) is 14.2 Å².